The minimum absolute atomic E-state index is 0.0756. The summed E-state index contributed by atoms with van der Waals surface area (Å²) in [5.41, 5.74) is 0.975. The average Bonchev–Trinajstić information content (AvgIpc) is 2.72. The molecule has 0 unspecified atom stereocenters. The molecule has 0 spiro atoms. The summed E-state index contributed by atoms with van der Waals surface area (Å²) in [5.74, 6) is 0.858. The zero-order chi connectivity index (χ0) is 11.5. The largest absolute Gasteiger partial charge is 0.492 e. The molecule has 1 aliphatic heterocycles. The molecule has 16 heavy (non-hydrogen) atoms. The molecule has 5 nitrogen and oxygen atoms in total. The van der Waals surface area contributed by atoms with Crippen LogP contribution in [0.15, 0.2) is 12.1 Å². The lowest BCUT2D eigenvalue weighted by atomic mass is 9.75. The number of fused-ring (bicyclic) bond motifs is 1. The summed E-state index contributed by atoms with van der Waals surface area (Å²) in [5, 5.41) is 18.6. The van der Waals surface area contributed by atoms with Crippen molar-refractivity contribution >= 4 is 18.9 Å². The summed E-state index contributed by atoms with van der Waals surface area (Å²) >= 11 is 0. The topological polar surface area (TPSA) is 76.0 Å². The van der Waals surface area contributed by atoms with Crippen LogP contribution in [0.2, 0.25) is 0 Å². The fourth-order valence-corrected chi connectivity index (χ4v) is 1.75. The van der Waals surface area contributed by atoms with E-state index in [1.165, 1.54) is 0 Å². The molecule has 1 aromatic carbocycles. The predicted octanol–water partition coefficient (Wildman–Crippen LogP) is -0.773. The number of benzene rings is 1. The maximum atomic E-state index is 10.3. The number of aryl methyl sites for hydroxylation is 1. The molecule has 0 amide bonds. The highest BCUT2D eigenvalue weighted by atomic mass is 16.7. The van der Waals surface area contributed by atoms with Crippen LogP contribution >= 0.6 is 0 Å². The van der Waals surface area contributed by atoms with E-state index >= 15 is 0 Å². The standard InChI is InChI=1S/C10H11BO5/c12-5-1-2-7-3-4-8-10(16-6-15-8)9(7)11(13)14/h3-5,13-14H,1-2,6H2. The van der Waals surface area contributed by atoms with E-state index in [1.807, 2.05) is 0 Å². The molecule has 0 bridgehead atoms. The number of carbonyl (C=O) groups is 1. The number of hydrogen-bond donors (Lipinski definition) is 2. The van der Waals surface area contributed by atoms with E-state index in [0.29, 0.717) is 29.9 Å². The van der Waals surface area contributed by atoms with Crippen molar-refractivity contribution in [1.29, 1.82) is 0 Å². The van der Waals surface area contributed by atoms with E-state index in [2.05, 4.69) is 0 Å². The number of ether oxygens (including phenoxy) is 2. The average molecular weight is 222 g/mol. The lowest BCUT2D eigenvalue weighted by molar-refractivity contribution is -0.107. The van der Waals surface area contributed by atoms with Crippen LogP contribution in [0.1, 0.15) is 12.0 Å². The number of hydrogen-bond acceptors (Lipinski definition) is 5. The second-order valence-corrected chi connectivity index (χ2v) is 3.45. The van der Waals surface area contributed by atoms with E-state index < -0.39 is 7.12 Å². The van der Waals surface area contributed by atoms with Crippen molar-refractivity contribution in [2.45, 2.75) is 12.8 Å². The zero-order valence-corrected chi connectivity index (χ0v) is 8.55. The first kappa shape index (κ1) is 11.0. The molecule has 1 aromatic rings. The van der Waals surface area contributed by atoms with Crippen molar-refractivity contribution in [3.63, 3.8) is 0 Å². The van der Waals surface area contributed by atoms with E-state index in [-0.39, 0.29) is 12.3 Å². The van der Waals surface area contributed by atoms with Crippen LogP contribution in [0.5, 0.6) is 11.5 Å². The molecule has 0 saturated carbocycles. The molecule has 2 N–H and O–H groups in total. The number of carbonyl (C=O) groups excluding carboxylic acids is 1. The molecular formula is C10H11BO5. The molecule has 0 aromatic heterocycles. The maximum Gasteiger partial charge on any atom is 0.492 e. The Kier molecular flexibility index (Phi) is 3.12. The van der Waals surface area contributed by atoms with Crippen molar-refractivity contribution in [3.8, 4) is 11.5 Å². The minimum Gasteiger partial charge on any atom is -0.454 e. The molecule has 0 saturated heterocycles. The van der Waals surface area contributed by atoms with Gasteiger partial charge in [-0.15, -0.1) is 0 Å². The van der Waals surface area contributed by atoms with Crippen molar-refractivity contribution in [1.82, 2.24) is 0 Å². The van der Waals surface area contributed by atoms with E-state index in [1.54, 1.807) is 12.1 Å². The summed E-state index contributed by atoms with van der Waals surface area (Å²) in [6.07, 6.45) is 1.57. The molecule has 84 valence electrons. The number of rotatable bonds is 4. The van der Waals surface area contributed by atoms with Crippen LogP contribution in [0.25, 0.3) is 0 Å². The third-order valence-corrected chi connectivity index (χ3v) is 2.46. The van der Waals surface area contributed by atoms with Crippen LogP contribution in [-0.2, 0) is 11.2 Å². The Morgan fingerprint density at radius 3 is 2.88 bits per heavy atom. The van der Waals surface area contributed by atoms with Gasteiger partial charge < -0.3 is 24.3 Å². The molecule has 6 heteroatoms. The fraction of sp³-hybridized carbons (Fsp3) is 0.300. The van der Waals surface area contributed by atoms with Crippen molar-refractivity contribution in [2.75, 3.05) is 6.79 Å². The van der Waals surface area contributed by atoms with Gasteiger partial charge in [0.15, 0.2) is 11.5 Å². The summed E-state index contributed by atoms with van der Waals surface area (Å²) < 4.78 is 10.3. The van der Waals surface area contributed by atoms with E-state index in [4.69, 9.17) is 9.47 Å². The van der Waals surface area contributed by atoms with Crippen molar-refractivity contribution in [2.24, 2.45) is 0 Å². The first-order valence-electron chi connectivity index (χ1n) is 4.95. The smallest absolute Gasteiger partial charge is 0.454 e. The van der Waals surface area contributed by atoms with E-state index in [0.717, 1.165) is 6.29 Å². The van der Waals surface area contributed by atoms with Gasteiger partial charge in [-0.2, -0.15) is 0 Å². The molecular weight excluding hydrogens is 211 g/mol. The molecule has 1 heterocycles. The molecule has 2 rings (SSSR count). The lowest BCUT2D eigenvalue weighted by Gasteiger charge is -2.10. The normalized spacial score (nSPS) is 12.6. The second-order valence-electron chi connectivity index (χ2n) is 3.45. The van der Waals surface area contributed by atoms with Gasteiger partial charge in [-0.25, -0.2) is 0 Å². The Labute approximate surface area is 92.8 Å². The Hall–Kier alpha value is -1.53. The van der Waals surface area contributed by atoms with Crippen LogP contribution in [0.4, 0.5) is 0 Å². The third kappa shape index (κ3) is 1.89. The quantitative estimate of drug-likeness (QED) is 0.516. The summed E-state index contributed by atoms with van der Waals surface area (Å²) in [6.45, 7) is 0.0756. The van der Waals surface area contributed by atoms with Crippen LogP contribution < -0.4 is 14.9 Å². The Balaban J connectivity index is 2.41. The number of aldehydes is 1. The maximum absolute atomic E-state index is 10.3. The molecule has 0 aliphatic carbocycles. The SMILES string of the molecule is O=CCCc1ccc2c(c1B(O)O)OCO2. The minimum atomic E-state index is -1.63. The molecule has 0 fully saturated rings. The third-order valence-electron chi connectivity index (χ3n) is 2.46. The zero-order valence-electron chi connectivity index (χ0n) is 8.55. The van der Waals surface area contributed by atoms with Crippen LogP contribution in [0, 0.1) is 0 Å². The summed E-state index contributed by atoms with van der Waals surface area (Å²) in [4.78, 5) is 10.3. The van der Waals surface area contributed by atoms with Gasteiger partial charge in [0.1, 0.15) is 6.29 Å². The lowest BCUT2D eigenvalue weighted by Crippen LogP contribution is -2.34. The predicted molar refractivity (Wildman–Crippen MR) is 56.8 cm³/mol. The van der Waals surface area contributed by atoms with Gasteiger partial charge in [0, 0.05) is 11.9 Å². The highest BCUT2D eigenvalue weighted by molar-refractivity contribution is 6.60. The van der Waals surface area contributed by atoms with Gasteiger partial charge in [-0.1, -0.05) is 6.07 Å². The van der Waals surface area contributed by atoms with Gasteiger partial charge in [-0.3, -0.25) is 0 Å². The molecule has 0 radical (unpaired) electrons. The molecule has 1 aliphatic rings. The Morgan fingerprint density at radius 2 is 2.19 bits per heavy atom. The Morgan fingerprint density at radius 1 is 1.38 bits per heavy atom. The van der Waals surface area contributed by atoms with Crippen molar-refractivity contribution in [3.05, 3.63) is 17.7 Å². The van der Waals surface area contributed by atoms with E-state index in [9.17, 15) is 14.8 Å². The second kappa shape index (κ2) is 4.55. The Bertz CT molecular complexity index is 404. The van der Waals surface area contributed by atoms with Gasteiger partial charge in [-0.05, 0) is 18.1 Å². The summed E-state index contributed by atoms with van der Waals surface area (Å²) in [6, 6.07) is 3.42. The summed E-state index contributed by atoms with van der Waals surface area (Å²) in [7, 11) is -1.63. The highest BCUT2D eigenvalue weighted by Gasteiger charge is 2.27. The van der Waals surface area contributed by atoms with Gasteiger partial charge >= 0.3 is 7.12 Å². The fourth-order valence-electron chi connectivity index (χ4n) is 1.75. The van der Waals surface area contributed by atoms with Crippen LogP contribution in [0.3, 0.4) is 0 Å². The first-order valence-corrected chi connectivity index (χ1v) is 4.95. The van der Waals surface area contributed by atoms with Gasteiger partial charge in [0.25, 0.3) is 0 Å². The van der Waals surface area contributed by atoms with Crippen LogP contribution in [-0.4, -0.2) is 30.2 Å². The highest BCUT2D eigenvalue weighted by Crippen LogP contribution is 2.31. The molecule has 0 atom stereocenters. The van der Waals surface area contributed by atoms with Crippen molar-refractivity contribution < 1.29 is 24.3 Å². The van der Waals surface area contributed by atoms with Gasteiger partial charge in [0.05, 0.1) is 0 Å². The van der Waals surface area contributed by atoms with Gasteiger partial charge in [0.2, 0.25) is 6.79 Å². The first-order chi connectivity index (χ1) is 7.74. The monoisotopic (exact) mass is 222 g/mol.